The monoisotopic (exact) mass is 251 g/mol. The number of benzene rings is 2. The first-order valence-electron chi connectivity index (χ1n) is 6.32. The average Bonchev–Trinajstić information content (AvgIpc) is 2.45. The van der Waals surface area contributed by atoms with Crippen molar-refractivity contribution in [1.82, 2.24) is 0 Å². The van der Waals surface area contributed by atoms with Gasteiger partial charge in [-0.25, -0.2) is 0 Å². The SMILES string of the molecule is CCN(Cc1ccc(C#N)cc1)c1cccc(N)c1. The van der Waals surface area contributed by atoms with Gasteiger partial charge in [0, 0.05) is 24.5 Å². The van der Waals surface area contributed by atoms with Gasteiger partial charge in [0.05, 0.1) is 11.6 Å². The van der Waals surface area contributed by atoms with Gasteiger partial charge < -0.3 is 10.6 Å². The van der Waals surface area contributed by atoms with E-state index >= 15 is 0 Å². The van der Waals surface area contributed by atoms with Crippen LogP contribution in [-0.2, 0) is 6.54 Å². The third-order valence-corrected chi connectivity index (χ3v) is 3.07. The molecule has 0 bridgehead atoms. The number of nitrogen functional groups attached to an aromatic ring is 1. The largest absolute Gasteiger partial charge is 0.399 e. The quantitative estimate of drug-likeness (QED) is 0.849. The molecule has 0 aliphatic carbocycles. The Morgan fingerprint density at radius 1 is 1.16 bits per heavy atom. The summed E-state index contributed by atoms with van der Waals surface area (Å²) in [5, 5.41) is 8.79. The molecule has 96 valence electrons. The van der Waals surface area contributed by atoms with E-state index in [-0.39, 0.29) is 0 Å². The van der Waals surface area contributed by atoms with Gasteiger partial charge >= 0.3 is 0 Å². The van der Waals surface area contributed by atoms with Gasteiger partial charge in [-0.1, -0.05) is 18.2 Å². The summed E-state index contributed by atoms with van der Waals surface area (Å²) in [6, 6.07) is 17.7. The third-order valence-electron chi connectivity index (χ3n) is 3.07. The fourth-order valence-corrected chi connectivity index (χ4v) is 2.01. The summed E-state index contributed by atoms with van der Waals surface area (Å²) >= 11 is 0. The van der Waals surface area contributed by atoms with Gasteiger partial charge in [-0.05, 0) is 42.8 Å². The maximum atomic E-state index is 8.79. The molecule has 2 rings (SSSR count). The molecule has 2 aromatic rings. The molecule has 0 aliphatic heterocycles. The highest BCUT2D eigenvalue weighted by molar-refractivity contribution is 5.56. The van der Waals surface area contributed by atoms with Crippen molar-refractivity contribution in [2.45, 2.75) is 13.5 Å². The van der Waals surface area contributed by atoms with E-state index in [4.69, 9.17) is 11.0 Å². The van der Waals surface area contributed by atoms with Crippen LogP contribution in [0.3, 0.4) is 0 Å². The molecule has 0 saturated heterocycles. The van der Waals surface area contributed by atoms with E-state index < -0.39 is 0 Å². The smallest absolute Gasteiger partial charge is 0.0991 e. The van der Waals surface area contributed by atoms with Gasteiger partial charge in [-0.3, -0.25) is 0 Å². The lowest BCUT2D eigenvalue weighted by molar-refractivity contribution is 0.832. The van der Waals surface area contributed by atoms with Crippen molar-refractivity contribution in [3.05, 3.63) is 59.7 Å². The normalized spacial score (nSPS) is 9.89. The Kier molecular flexibility index (Phi) is 4.04. The van der Waals surface area contributed by atoms with Crippen LogP contribution < -0.4 is 10.6 Å². The van der Waals surface area contributed by atoms with Gasteiger partial charge in [0.15, 0.2) is 0 Å². The Bertz CT molecular complexity index is 582. The summed E-state index contributed by atoms with van der Waals surface area (Å²) < 4.78 is 0. The van der Waals surface area contributed by atoms with Gasteiger partial charge in [-0.15, -0.1) is 0 Å². The second-order valence-electron chi connectivity index (χ2n) is 4.42. The van der Waals surface area contributed by atoms with E-state index in [2.05, 4.69) is 24.0 Å². The standard InChI is InChI=1S/C16H17N3/c1-2-19(16-5-3-4-15(18)10-16)12-14-8-6-13(11-17)7-9-14/h3-10H,2,12,18H2,1H3. The number of nitrogens with two attached hydrogens (primary N) is 1. The molecule has 19 heavy (non-hydrogen) atoms. The summed E-state index contributed by atoms with van der Waals surface area (Å²) in [5.74, 6) is 0. The van der Waals surface area contributed by atoms with Crippen molar-refractivity contribution in [1.29, 1.82) is 5.26 Å². The number of nitriles is 1. The minimum Gasteiger partial charge on any atom is -0.399 e. The van der Waals surface area contributed by atoms with Crippen molar-refractivity contribution in [3.63, 3.8) is 0 Å². The van der Waals surface area contributed by atoms with E-state index in [1.165, 1.54) is 5.56 Å². The molecule has 0 atom stereocenters. The number of nitrogens with zero attached hydrogens (tertiary/aromatic N) is 2. The fraction of sp³-hybridized carbons (Fsp3) is 0.188. The lowest BCUT2D eigenvalue weighted by Crippen LogP contribution is -2.21. The molecule has 0 saturated carbocycles. The Balaban J connectivity index is 2.17. The molecule has 0 heterocycles. The second-order valence-corrected chi connectivity index (χ2v) is 4.42. The molecule has 0 fully saturated rings. The molecule has 0 amide bonds. The van der Waals surface area contributed by atoms with E-state index in [9.17, 15) is 0 Å². The molecule has 0 aromatic heterocycles. The first-order chi connectivity index (χ1) is 9.22. The van der Waals surface area contributed by atoms with E-state index in [0.29, 0.717) is 5.56 Å². The molecule has 2 aromatic carbocycles. The lowest BCUT2D eigenvalue weighted by Gasteiger charge is -2.23. The van der Waals surface area contributed by atoms with Crippen LogP contribution >= 0.6 is 0 Å². The maximum Gasteiger partial charge on any atom is 0.0991 e. The predicted octanol–water partition coefficient (Wildman–Crippen LogP) is 3.17. The summed E-state index contributed by atoms with van der Waals surface area (Å²) in [6.07, 6.45) is 0. The maximum absolute atomic E-state index is 8.79. The third kappa shape index (κ3) is 3.26. The van der Waals surface area contributed by atoms with Crippen LogP contribution in [0.15, 0.2) is 48.5 Å². The molecule has 0 unspecified atom stereocenters. The van der Waals surface area contributed by atoms with Crippen molar-refractivity contribution in [2.75, 3.05) is 17.2 Å². The van der Waals surface area contributed by atoms with Crippen LogP contribution in [0.5, 0.6) is 0 Å². The molecule has 3 nitrogen and oxygen atoms in total. The van der Waals surface area contributed by atoms with Crippen molar-refractivity contribution in [2.24, 2.45) is 0 Å². The molecule has 0 spiro atoms. The summed E-state index contributed by atoms with van der Waals surface area (Å²) in [7, 11) is 0. The topological polar surface area (TPSA) is 53.0 Å². The Morgan fingerprint density at radius 3 is 2.47 bits per heavy atom. The van der Waals surface area contributed by atoms with Gasteiger partial charge in [0.25, 0.3) is 0 Å². The molecule has 2 N–H and O–H groups in total. The van der Waals surface area contributed by atoms with Crippen LogP contribution in [0.25, 0.3) is 0 Å². The minimum absolute atomic E-state index is 0.691. The molecule has 0 aliphatic rings. The first-order valence-corrected chi connectivity index (χ1v) is 6.32. The van der Waals surface area contributed by atoms with Crippen LogP contribution in [0, 0.1) is 11.3 Å². The second kappa shape index (κ2) is 5.92. The minimum atomic E-state index is 0.691. The highest BCUT2D eigenvalue weighted by Gasteiger charge is 2.05. The van der Waals surface area contributed by atoms with Crippen LogP contribution in [0.2, 0.25) is 0 Å². The number of hydrogen-bond donors (Lipinski definition) is 1. The van der Waals surface area contributed by atoms with E-state index in [0.717, 1.165) is 24.5 Å². The average molecular weight is 251 g/mol. The Hall–Kier alpha value is -2.47. The number of anilines is 2. The first kappa shape index (κ1) is 13.0. The van der Waals surface area contributed by atoms with Gasteiger partial charge in [-0.2, -0.15) is 5.26 Å². The van der Waals surface area contributed by atoms with Crippen molar-refractivity contribution < 1.29 is 0 Å². The predicted molar refractivity (Wildman–Crippen MR) is 78.7 cm³/mol. The summed E-state index contributed by atoms with van der Waals surface area (Å²) in [5.41, 5.74) is 9.59. The van der Waals surface area contributed by atoms with Crippen molar-refractivity contribution >= 4 is 11.4 Å². The zero-order chi connectivity index (χ0) is 13.7. The highest BCUT2D eigenvalue weighted by Crippen LogP contribution is 2.19. The molecule has 0 radical (unpaired) electrons. The lowest BCUT2D eigenvalue weighted by atomic mass is 10.1. The Morgan fingerprint density at radius 2 is 1.89 bits per heavy atom. The number of hydrogen-bond acceptors (Lipinski definition) is 3. The van der Waals surface area contributed by atoms with Gasteiger partial charge in [0.1, 0.15) is 0 Å². The zero-order valence-corrected chi connectivity index (χ0v) is 11.0. The molecular formula is C16H17N3. The Labute approximate surface area is 113 Å². The van der Waals surface area contributed by atoms with E-state index in [1.807, 2.05) is 42.5 Å². The number of rotatable bonds is 4. The molecule has 3 heteroatoms. The van der Waals surface area contributed by atoms with Crippen LogP contribution in [-0.4, -0.2) is 6.54 Å². The van der Waals surface area contributed by atoms with Crippen molar-refractivity contribution in [3.8, 4) is 6.07 Å². The fourth-order valence-electron chi connectivity index (χ4n) is 2.01. The van der Waals surface area contributed by atoms with Crippen LogP contribution in [0.4, 0.5) is 11.4 Å². The van der Waals surface area contributed by atoms with E-state index in [1.54, 1.807) is 0 Å². The zero-order valence-electron chi connectivity index (χ0n) is 11.0. The summed E-state index contributed by atoms with van der Waals surface area (Å²) in [6.45, 7) is 3.84. The van der Waals surface area contributed by atoms with Crippen LogP contribution in [0.1, 0.15) is 18.1 Å². The van der Waals surface area contributed by atoms with Gasteiger partial charge in [0.2, 0.25) is 0 Å². The summed E-state index contributed by atoms with van der Waals surface area (Å²) in [4.78, 5) is 2.25. The highest BCUT2D eigenvalue weighted by atomic mass is 15.1. The molecular weight excluding hydrogens is 234 g/mol.